The number of aliphatic hydroxyl groups excluding tert-OH is 1. The Kier molecular flexibility index (Phi) is 65.2. The maximum atomic E-state index is 13.1. The predicted octanol–water partition coefficient (Wildman–Crippen LogP) is 22.2. The number of hydrogen-bond donors (Lipinski definition) is 3. The van der Waals surface area contributed by atoms with E-state index in [0.717, 1.165) is 108 Å². The van der Waals surface area contributed by atoms with Gasteiger partial charge in [0.25, 0.3) is 0 Å². The summed E-state index contributed by atoms with van der Waals surface area (Å²) in [6.07, 6.45) is 52.7. The van der Waals surface area contributed by atoms with Crippen LogP contribution in [-0.4, -0.2) is 96.7 Å². The minimum absolute atomic E-state index is 0.104. The van der Waals surface area contributed by atoms with Gasteiger partial charge in [-0.25, -0.2) is 9.13 Å². The third-order valence-electron chi connectivity index (χ3n) is 18.4. The molecule has 0 radical (unpaired) electrons. The molecule has 564 valence electrons. The van der Waals surface area contributed by atoms with Crippen molar-refractivity contribution in [1.82, 2.24) is 0 Å². The Labute approximate surface area is 581 Å². The number of hydrogen-bond acceptors (Lipinski definition) is 15. The van der Waals surface area contributed by atoms with Crippen molar-refractivity contribution in [3.8, 4) is 0 Å². The molecule has 0 aromatic carbocycles. The molecule has 0 rings (SSSR count). The van der Waals surface area contributed by atoms with Crippen LogP contribution in [0.2, 0.25) is 0 Å². The molecule has 19 heteroatoms. The molecule has 0 fully saturated rings. The number of esters is 4. The van der Waals surface area contributed by atoms with Crippen LogP contribution in [0, 0.1) is 17.8 Å². The highest BCUT2D eigenvalue weighted by Gasteiger charge is 2.30. The van der Waals surface area contributed by atoms with Crippen LogP contribution in [0.15, 0.2) is 0 Å². The van der Waals surface area contributed by atoms with Crippen molar-refractivity contribution >= 4 is 39.5 Å². The molecule has 0 aromatic heterocycles. The van der Waals surface area contributed by atoms with Crippen LogP contribution in [0.4, 0.5) is 0 Å². The van der Waals surface area contributed by atoms with Gasteiger partial charge in [-0.3, -0.25) is 37.3 Å². The summed E-state index contributed by atoms with van der Waals surface area (Å²) >= 11 is 0. The lowest BCUT2D eigenvalue weighted by molar-refractivity contribution is -0.161. The number of carbonyl (C=O) groups excluding carboxylic acids is 4. The average Bonchev–Trinajstić information content (AvgIpc) is 1.67. The molecule has 0 heterocycles. The van der Waals surface area contributed by atoms with Gasteiger partial charge in [-0.05, 0) is 43.4 Å². The van der Waals surface area contributed by atoms with Crippen molar-refractivity contribution in [1.29, 1.82) is 0 Å². The zero-order valence-electron chi connectivity index (χ0n) is 62.1. The number of carbonyl (C=O) groups is 4. The Balaban J connectivity index is 5.25. The van der Waals surface area contributed by atoms with Crippen LogP contribution in [-0.2, 0) is 65.4 Å². The van der Waals surface area contributed by atoms with Gasteiger partial charge in [0.15, 0.2) is 12.2 Å². The number of rotatable bonds is 74. The lowest BCUT2D eigenvalue weighted by atomic mass is 9.99. The molecule has 3 N–H and O–H groups in total. The number of ether oxygens (including phenoxy) is 4. The molecule has 4 unspecified atom stereocenters. The van der Waals surface area contributed by atoms with E-state index in [1.807, 2.05) is 0 Å². The highest BCUT2D eigenvalue weighted by Crippen LogP contribution is 2.45. The van der Waals surface area contributed by atoms with Crippen molar-refractivity contribution < 1.29 is 80.2 Å². The smallest absolute Gasteiger partial charge is 0.462 e. The van der Waals surface area contributed by atoms with E-state index in [1.165, 1.54) is 193 Å². The zero-order valence-corrected chi connectivity index (χ0v) is 63.9. The van der Waals surface area contributed by atoms with Gasteiger partial charge in [-0.15, -0.1) is 0 Å². The molecule has 0 aliphatic carbocycles. The molecule has 7 atom stereocenters. The number of aliphatic hydroxyl groups is 1. The average molecular weight is 1400 g/mol. The highest BCUT2D eigenvalue weighted by atomic mass is 31.2. The fourth-order valence-corrected chi connectivity index (χ4v) is 13.1. The first-order valence-electron chi connectivity index (χ1n) is 39.4. The molecule has 17 nitrogen and oxygen atoms in total. The zero-order chi connectivity index (χ0) is 70.1. The van der Waals surface area contributed by atoms with Crippen LogP contribution in [0.25, 0.3) is 0 Å². The molecule has 0 saturated heterocycles. The molecule has 0 saturated carbocycles. The first kappa shape index (κ1) is 93.1. The molecule has 0 aliphatic heterocycles. The predicted molar refractivity (Wildman–Crippen MR) is 386 cm³/mol. The minimum atomic E-state index is -4.96. The van der Waals surface area contributed by atoms with Crippen LogP contribution >= 0.6 is 15.6 Å². The fourth-order valence-electron chi connectivity index (χ4n) is 11.5. The minimum Gasteiger partial charge on any atom is -0.462 e. The molecule has 0 spiro atoms. The maximum Gasteiger partial charge on any atom is 0.472 e. The number of phosphoric ester groups is 2. The Hall–Kier alpha value is -1.94. The largest absolute Gasteiger partial charge is 0.472 e. The van der Waals surface area contributed by atoms with Gasteiger partial charge in [-0.1, -0.05) is 337 Å². The SMILES string of the molecule is CCCCCCCCCCCCCCCCCC(=O)OC[C@H](COP(=O)(O)OC[C@@H](O)COP(=O)(O)OC[C@@H](COC(=O)CCCCCCCCCC(C)C)OC(=O)CCCCCCCCCCC(C)CC)OC(=O)CCCCCCCCCCCCCCCCC(C)CC. The molecule has 0 aliphatic rings. The van der Waals surface area contributed by atoms with E-state index in [0.29, 0.717) is 31.6 Å². The monoisotopic (exact) mass is 1400 g/mol. The first-order valence-corrected chi connectivity index (χ1v) is 42.4. The lowest BCUT2D eigenvalue weighted by Crippen LogP contribution is -2.30. The summed E-state index contributed by atoms with van der Waals surface area (Å²) in [4.78, 5) is 72.8. The fraction of sp³-hybridized carbons (Fsp3) is 0.947. The summed E-state index contributed by atoms with van der Waals surface area (Å²) < 4.78 is 68.5. The Morgan fingerprint density at radius 2 is 0.537 bits per heavy atom. The second kappa shape index (κ2) is 66.6. The van der Waals surface area contributed by atoms with Crippen LogP contribution in [0.1, 0.15) is 389 Å². The third-order valence-corrected chi connectivity index (χ3v) is 20.3. The molecule has 0 aromatic rings. The molecular weight excluding hydrogens is 1250 g/mol. The van der Waals surface area contributed by atoms with Crippen molar-refractivity contribution in [2.45, 2.75) is 407 Å². The summed E-state index contributed by atoms with van der Waals surface area (Å²) in [7, 11) is -9.91. The molecule has 0 amide bonds. The molecule has 0 bridgehead atoms. The molecule has 95 heavy (non-hydrogen) atoms. The summed E-state index contributed by atoms with van der Waals surface area (Å²) in [5.74, 6) is 0.201. The van der Waals surface area contributed by atoms with Crippen molar-refractivity contribution in [3.63, 3.8) is 0 Å². The van der Waals surface area contributed by atoms with Gasteiger partial charge >= 0.3 is 39.5 Å². The van der Waals surface area contributed by atoms with Gasteiger partial charge in [0, 0.05) is 25.7 Å². The van der Waals surface area contributed by atoms with E-state index in [-0.39, 0.29) is 25.7 Å². The number of phosphoric acid groups is 2. The van der Waals surface area contributed by atoms with Gasteiger partial charge in [0.05, 0.1) is 26.4 Å². The van der Waals surface area contributed by atoms with E-state index < -0.39 is 97.5 Å². The Morgan fingerprint density at radius 1 is 0.305 bits per heavy atom. The Morgan fingerprint density at radius 3 is 0.800 bits per heavy atom. The van der Waals surface area contributed by atoms with Crippen molar-refractivity contribution in [3.05, 3.63) is 0 Å². The van der Waals surface area contributed by atoms with E-state index in [4.69, 9.17) is 37.0 Å². The topological polar surface area (TPSA) is 237 Å². The second-order valence-electron chi connectivity index (χ2n) is 28.4. The van der Waals surface area contributed by atoms with Crippen LogP contribution < -0.4 is 0 Å². The van der Waals surface area contributed by atoms with E-state index in [2.05, 4.69) is 48.5 Å². The van der Waals surface area contributed by atoms with Crippen molar-refractivity contribution in [2.75, 3.05) is 39.6 Å². The Bertz CT molecular complexity index is 1860. The van der Waals surface area contributed by atoms with E-state index in [9.17, 15) is 43.2 Å². The van der Waals surface area contributed by atoms with Gasteiger partial charge < -0.3 is 33.8 Å². The second-order valence-corrected chi connectivity index (χ2v) is 31.3. The molecular formula is C76H148O17P2. The summed E-state index contributed by atoms with van der Waals surface area (Å²) in [6, 6.07) is 0. The summed E-state index contributed by atoms with van der Waals surface area (Å²) in [6.45, 7) is 11.9. The van der Waals surface area contributed by atoms with Gasteiger partial charge in [-0.2, -0.15) is 0 Å². The normalized spacial score (nSPS) is 14.6. The highest BCUT2D eigenvalue weighted by molar-refractivity contribution is 7.47. The van der Waals surface area contributed by atoms with E-state index in [1.54, 1.807) is 0 Å². The standard InChI is InChI=1S/C76H148O17P2/c1-8-11-12-13-14-15-16-17-18-22-25-28-36-43-50-57-73(78)86-63-71(92-75(80)59-52-45-37-29-26-23-20-19-21-24-27-34-41-48-55-68(6)9-2)65-90-94(82,83)88-61-70(77)62-89-95(84,85)91-66-72(64-87-74(79)58-51-44-39-32-33-40-47-54-67(4)5)93-76(81)60-53-46-38-31-30-35-42-49-56-69(7)10-3/h67-72,77H,8-66H2,1-7H3,(H,82,83)(H,84,85)/t68?,69?,70-,71-,72-/m1/s1. The van der Waals surface area contributed by atoms with Crippen LogP contribution in [0.5, 0.6) is 0 Å². The number of unbranched alkanes of at least 4 members (excludes halogenated alkanes) is 40. The van der Waals surface area contributed by atoms with Crippen molar-refractivity contribution in [2.24, 2.45) is 17.8 Å². The summed E-state index contributed by atoms with van der Waals surface area (Å²) in [5, 5.41) is 10.6. The first-order chi connectivity index (χ1) is 45.8. The summed E-state index contributed by atoms with van der Waals surface area (Å²) in [5.41, 5.74) is 0. The quantitative estimate of drug-likeness (QED) is 0.0222. The van der Waals surface area contributed by atoms with E-state index >= 15 is 0 Å². The third kappa shape index (κ3) is 67.6. The van der Waals surface area contributed by atoms with Gasteiger partial charge in [0.1, 0.15) is 19.3 Å². The van der Waals surface area contributed by atoms with Crippen LogP contribution in [0.3, 0.4) is 0 Å². The lowest BCUT2D eigenvalue weighted by Gasteiger charge is -2.21. The van der Waals surface area contributed by atoms with Gasteiger partial charge in [0.2, 0.25) is 0 Å². The maximum absolute atomic E-state index is 13.1.